The van der Waals surface area contributed by atoms with Crippen LogP contribution in [0, 0.1) is 0 Å². The van der Waals surface area contributed by atoms with Crippen LogP contribution in [0.1, 0.15) is 58.0 Å². The molecule has 13 heteroatoms. The highest BCUT2D eigenvalue weighted by atomic mass is 35.5. The van der Waals surface area contributed by atoms with Gasteiger partial charge < -0.3 is 19.1 Å². The molecule has 0 saturated carbocycles. The molecule has 2 atom stereocenters. The standard InChI is InChI=1S/C30H27Cl2F3N4O4/c1-16-27-17(10-22(30(33,34)35)28(37-27)43-15-19-2-4-20(31)12-23(19)32)6-8-38(16)14-26-36-24-5-3-18(29(40)41)11-25(24)39(26)13-21-7-9-42-21/h2-5,10-12,16,21H,6-9,13-15H2,1H3,(H,40,41)/t16-,21-/m0/s1. The lowest BCUT2D eigenvalue weighted by atomic mass is 9.97. The Morgan fingerprint density at radius 2 is 1.95 bits per heavy atom. The molecule has 4 aromatic rings. The van der Waals surface area contributed by atoms with Crippen LogP contribution in [-0.2, 0) is 37.0 Å². The van der Waals surface area contributed by atoms with Crippen LogP contribution in [-0.4, -0.2) is 49.8 Å². The van der Waals surface area contributed by atoms with Gasteiger partial charge in [0.05, 0.1) is 47.5 Å². The Balaban J connectivity index is 1.31. The third-order valence-electron chi connectivity index (χ3n) is 8.00. The Morgan fingerprint density at radius 3 is 2.63 bits per heavy atom. The van der Waals surface area contributed by atoms with E-state index in [0.29, 0.717) is 71.4 Å². The highest BCUT2D eigenvalue weighted by Gasteiger charge is 2.38. The Labute approximate surface area is 254 Å². The molecule has 0 radical (unpaired) electrons. The average molecular weight is 635 g/mol. The highest BCUT2D eigenvalue weighted by Crippen LogP contribution is 2.40. The minimum Gasteiger partial charge on any atom is -0.478 e. The number of nitrogens with zero attached hydrogens (tertiary/aromatic N) is 4. The monoisotopic (exact) mass is 634 g/mol. The van der Waals surface area contributed by atoms with Crippen LogP contribution in [0.15, 0.2) is 42.5 Å². The van der Waals surface area contributed by atoms with Crippen LogP contribution >= 0.6 is 23.2 Å². The maximum absolute atomic E-state index is 14.1. The first-order valence-electron chi connectivity index (χ1n) is 13.7. The molecule has 0 spiro atoms. The molecule has 43 heavy (non-hydrogen) atoms. The van der Waals surface area contributed by atoms with Gasteiger partial charge in [0.25, 0.3) is 0 Å². The number of benzene rings is 2. The number of fused-ring (bicyclic) bond motifs is 2. The quantitative estimate of drug-likeness (QED) is 0.224. The van der Waals surface area contributed by atoms with Crippen molar-refractivity contribution in [1.82, 2.24) is 19.4 Å². The molecule has 0 unspecified atom stereocenters. The molecule has 6 rings (SSSR count). The van der Waals surface area contributed by atoms with E-state index in [2.05, 4.69) is 9.88 Å². The van der Waals surface area contributed by atoms with Crippen molar-refractivity contribution in [1.29, 1.82) is 0 Å². The number of pyridine rings is 1. The van der Waals surface area contributed by atoms with Crippen LogP contribution in [0.2, 0.25) is 10.0 Å². The van der Waals surface area contributed by atoms with Crippen molar-refractivity contribution in [3.63, 3.8) is 0 Å². The third kappa shape index (κ3) is 6.04. The van der Waals surface area contributed by atoms with Gasteiger partial charge in [0, 0.05) is 28.8 Å². The summed E-state index contributed by atoms with van der Waals surface area (Å²) in [6.45, 7) is 3.73. The van der Waals surface area contributed by atoms with E-state index >= 15 is 0 Å². The van der Waals surface area contributed by atoms with Crippen LogP contribution in [0.5, 0.6) is 5.88 Å². The molecule has 1 saturated heterocycles. The summed E-state index contributed by atoms with van der Waals surface area (Å²) in [5.41, 5.74) is 2.06. The van der Waals surface area contributed by atoms with E-state index in [-0.39, 0.29) is 29.3 Å². The number of rotatable bonds is 8. The highest BCUT2D eigenvalue weighted by molar-refractivity contribution is 6.35. The van der Waals surface area contributed by atoms with E-state index in [1.165, 1.54) is 12.1 Å². The van der Waals surface area contributed by atoms with E-state index in [1.54, 1.807) is 24.3 Å². The number of alkyl halides is 3. The fraction of sp³-hybridized carbons (Fsp3) is 0.367. The lowest BCUT2D eigenvalue weighted by Gasteiger charge is -2.35. The third-order valence-corrected chi connectivity index (χ3v) is 8.58. The number of aromatic carboxylic acids is 1. The molecule has 2 aromatic carbocycles. The van der Waals surface area contributed by atoms with Crippen molar-refractivity contribution in [3.05, 3.63) is 86.3 Å². The van der Waals surface area contributed by atoms with E-state index < -0.39 is 23.6 Å². The number of imidazole rings is 1. The van der Waals surface area contributed by atoms with Crippen molar-refractivity contribution >= 4 is 40.2 Å². The summed E-state index contributed by atoms with van der Waals surface area (Å²) in [6, 6.07) is 10.3. The maximum atomic E-state index is 14.1. The average Bonchev–Trinajstić information content (AvgIpc) is 3.27. The first kappa shape index (κ1) is 29.7. The predicted molar refractivity (Wildman–Crippen MR) is 154 cm³/mol. The predicted octanol–water partition coefficient (Wildman–Crippen LogP) is 6.94. The van der Waals surface area contributed by atoms with Crippen LogP contribution in [0.25, 0.3) is 11.0 Å². The molecule has 2 aromatic heterocycles. The van der Waals surface area contributed by atoms with Crippen molar-refractivity contribution in [2.24, 2.45) is 0 Å². The largest absolute Gasteiger partial charge is 0.478 e. The first-order chi connectivity index (χ1) is 20.5. The van der Waals surface area contributed by atoms with Gasteiger partial charge in [-0.2, -0.15) is 13.2 Å². The van der Waals surface area contributed by atoms with Crippen molar-refractivity contribution < 1.29 is 32.5 Å². The zero-order chi connectivity index (χ0) is 30.5. The number of hydrogen-bond donors (Lipinski definition) is 1. The first-order valence-corrected chi connectivity index (χ1v) is 14.5. The van der Waals surface area contributed by atoms with Gasteiger partial charge in [-0.1, -0.05) is 29.3 Å². The second-order valence-corrected chi connectivity index (χ2v) is 11.6. The minimum absolute atomic E-state index is 0.000413. The molecular weight excluding hydrogens is 608 g/mol. The van der Waals surface area contributed by atoms with Crippen molar-refractivity contribution in [3.8, 4) is 5.88 Å². The van der Waals surface area contributed by atoms with E-state index in [4.69, 9.17) is 37.7 Å². The Bertz CT molecular complexity index is 1710. The fourth-order valence-electron chi connectivity index (χ4n) is 5.50. The molecule has 2 aliphatic heterocycles. The summed E-state index contributed by atoms with van der Waals surface area (Å²) in [6.07, 6.45) is -3.42. The lowest BCUT2D eigenvalue weighted by molar-refractivity contribution is -0.139. The zero-order valence-corrected chi connectivity index (χ0v) is 24.5. The van der Waals surface area contributed by atoms with Crippen molar-refractivity contribution in [2.45, 2.75) is 57.8 Å². The number of halogens is 5. The molecule has 2 aliphatic rings. The van der Waals surface area contributed by atoms with Gasteiger partial charge in [0.1, 0.15) is 18.0 Å². The number of hydrogen-bond acceptors (Lipinski definition) is 6. The number of carboxylic acids is 1. The summed E-state index contributed by atoms with van der Waals surface area (Å²) < 4.78 is 55.5. The molecule has 0 bridgehead atoms. The zero-order valence-electron chi connectivity index (χ0n) is 23.0. The smallest absolute Gasteiger partial charge is 0.421 e. The summed E-state index contributed by atoms with van der Waals surface area (Å²) in [5, 5.41) is 10.2. The van der Waals surface area contributed by atoms with Crippen LogP contribution in [0.4, 0.5) is 13.2 Å². The van der Waals surface area contributed by atoms with Gasteiger partial charge in [0.15, 0.2) is 0 Å². The van der Waals surface area contributed by atoms with Gasteiger partial charge in [-0.15, -0.1) is 0 Å². The van der Waals surface area contributed by atoms with Gasteiger partial charge in [-0.05, 0) is 61.7 Å². The molecule has 226 valence electrons. The second kappa shape index (κ2) is 11.6. The van der Waals surface area contributed by atoms with Gasteiger partial charge in [-0.3, -0.25) is 4.90 Å². The molecule has 4 heterocycles. The van der Waals surface area contributed by atoms with E-state index in [9.17, 15) is 23.1 Å². The summed E-state index contributed by atoms with van der Waals surface area (Å²) in [4.78, 5) is 23.0. The van der Waals surface area contributed by atoms with E-state index in [0.717, 1.165) is 12.5 Å². The van der Waals surface area contributed by atoms with Crippen LogP contribution < -0.4 is 4.74 Å². The molecule has 0 amide bonds. The summed E-state index contributed by atoms with van der Waals surface area (Å²) in [5.74, 6) is -0.830. The fourth-order valence-corrected chi connectivity index (χ4v) is 5.96. The summed E-state index contributed by atoms with van der Waals surface area (Å²) in [7, 11) is 0. The van der Waals surface area contributed by atoms with Crippen LogP contribution in [0.3, 0.4) is 0 Å². The van der Waals surface area contributed by atoms with E-state index in [1.807, 2.05) is 11.5 Å². The maximum Gasteiger partial charge on any atom is 0.421 e. The Kier molecular flexibility index (Phi) is 8.01. The Morgan fingerprint density at radius 1 is 1.16 bits per heavy atom. The van der Waals surface area contributed by atoms with Gasteiger partial charge in [0.2, 0.25) is 5.88 Å². The molecule has 0 aliphatic carbocycles. The number of carbonyl (C=O) groups is 1. The second-order valence-electron chi connectivity index (χ2n) is 10.7. The Hall–Kier alpha value is -3.38. The SMILES string of the molecule is C[C@H]1c2nc(OCc3ccc(Cl)cc3Cl)c(C(F)(F)F)cc2CCN1Cc1nc2ccc(C(=O)O)cc2n1C[C@@H]1CCO1. The topological polar surface area (TPSA) is 89.7 Å². The summed E-state index contributed by atoms with van der Waals surface area (Å²) >= 11 is 12.2. The van der Waals surface area contributed by atoms with Gasteiger partial charge >= 0.3 is 12.1 Å². The normalized spacial score (nSPS) is 18.8. The number of carboxylic acid groups (broad SMARTS) is 1. The lowest BCUT2D eigenvalue weighted by Crippen LogP contribution is -2.36. The molecule has 8 nitrogen and oxygen atoms in total. The minimum atomic E-state index is -4.66. The molecule has 1 N–H and O–H groups in total. The molecular formula is C30H27Cl2F3N4O4. The van der Waals surface area contributed by atoms with Gasteiger partial charge in [-0.25, -0.2) is 14.8 Å². The molecule has 1 fully saturated rings. The number of aromatic nitrogens is 3. The number of ether oxygens (including phenoxy) is 2. The van der Waals surface area contributed by atoms with Crippen molar-refractivity contribution in [2.75, 3.05) is 13.2 Å².